The van der Waals surface area contributed by atoms with Gasteiger partial charge in [0.25, 0.3) is 0 Å². The van der Waals surface area contributed by atoms with Crippen LogP contribution >= 0.6 is 0 Å². The van der Waals surface area contributed by atoms with Gasteiger partial charge in [-0.1, -0.05) is 48.5 Å². The van der Waals surface area contributed by atoms with Gasteiger partial charge in [0.1, 0.15) is 17.9 Å². The number of nitrogens with one attached hydrogen (secondary N) is 1. The fraction of sp³-hybridized carbons (Fsp3) is 0.250. The third-order valence-electron chi connectivity index (χ3n) is 4.26. The Morgan fingerprint density at radius 2 is 1.57 bits per heavy atom. The molecule has 156 valence electrons. The molecule has 0 bridgehead atoms. The van der Waals surface area contributed by atoms with Crippen molar-refractivity contribution < 1.29 is 19.1 Å². The first-order chi connectivity index (χ1) is 14.3. The van der Waals surface area contributed by atoms with Crippen LogP contribution in [0.15, 0.2) is 72.9 Å². The smallest absolute Gasteiger partial charge is 0.415 e. The quantitative estimate of drug-likeness (QED) is 0.563. The summed E-state index contributed by atoms with van der Waals surface area (Å²) in [5.41, 5.74) is 1.90. The molecule has 3 rings (SSSR count). The van der Waals surface area contributed by atoms with Gasteiger partial charge < -0.3 is 14.5 Å². The number of hydrogen-bond donors (Lipinski definition) is 1. The second-order valence-corrected chi connectivity index (χ2v) is 7.84. The largest absolute Gasteiger partial charge is 0.456 e. The van der Waals surface area contributed by atoms with Crippen molar-refractivity contribution in [3.8, 4) is 0 Å². The predicted octanol–water partition coefficient (Wildman–Crippen LogP) is 5.31. The summed E-state index contributed by atoms with van der Waals surface area (Å²) in [7, 11) is 0. The van der Waals surface area contributed by atoms with Crippen LogP contribution in [0.5, 0.6) is 0 Å². The van der Waals surface area contributed by atoms with Crippen LogP contribution in [-0.2, 0) is 22.6 Å². The summed E-state index contributed by atoms with van der Waals surface area (Å²) in [6, 6.07) is 20.4. The van der Waals surface area contributed by atoms with Crippen LogP contribution < -0.4 is 4.90 Å². The molecule has 0 aliphatic rings. The Morgan fingerprint density at radius 3 is 2.20 bits per heavy atom. The van der Waals surface area contributed by atoms with Crippen LogP contribution in [0.1, 0.15) is 42.4 Å². The van der Waals surface area contributed by atoms with Crippen LogP contribution in [0.25, 0.3) is 0 Å². The highest BCUT2D eigenvalue weighted by molar-refractivity contribution is 5.91. The van der Waals surface area contributed by atoms with Gasteiger partial charge in [-0.05, 0) is 44.5 Å². The van der Waals surface area contributed by atoms with E-state index in [0.717, 1.165) is 5.56 Å². The summed E-state index contributed by atoms with van der Waals surface area (Å²) in [5.74, 6) is -0.476. The van der Waals surface area contributed by atoms with Gasteiger partial charge in [-0.15, -0.1) is 0 Å². The number of carbonyl (C=O) groups is 2. The number of ether oxygens (including phenoxy) is 2. The van der Waals surface area contributed by atoms with Crippen molar-refractivity contribution in [2.45, 2.75) is 39.5 Å². The summed E-state index contributed by atoms with van der Waals surface area (Å²) in [6.07, 6.45) is 1.17. The highest BCUT2D eigenvalue weighted by Gasteiger charge is 2.26. The lowest BCUT2D eigenvalue weighted by molar-refractivity contribution is 0.0462. The van der Waals surface area contributed by atoms with E-state index in [1.165, 1.54) is 4.90 Å². The highest BCUT2D eigenvalue weighted by atomic mass is 16.6. The zero-order valence-corrected chi connectivity index (χ0v) is 17.4. The Bertz CT molecular complexity index is 975. The zero-order valence-electron chi connectivity index (χ0n) is 17.4. The lowest BCUT2D eigenvalue weighted by Crippen LogP contribution is -2.36. The molecule has 0 atom stereocenters. The molecule has 0 saturated heterocycles. The molecule has 1 N–H and O–H groups in total. The van der Waals surface area contributed by atoms with E-state index in [9.17, 15) is 9.59 Å². The Balaban J connectivity index is 1.78. The van der Waals surface area contributed by atoms with Crippen molar-refractivity contribution in [1.82, 2.24) is 4.98 Å². The molecule has 30 heavy (non-hydrogen) atoms. The third kappa shape index (κ3) is 5.73. The number of hydrogen-bond acceptors (Lipinski definition) is 4. The van der Waals surface area contributed by atoms with Gasteiger partial charge in [0.15, 0.2) is 0 Å². The van der Waals surface area contributed by atoms with E-state index in [2.05, 4.69) is 4.98 Å². The summed E-state index contributed by atoms with van der Waals surface area (Å²) in [6.45, 7) is 5.79. The lowest BCUT2D eigenvalue weighted by Gasteiger charge is -2.27. The molecule has 0 radical (unpaired) electrons. The van der Waals surface area contributed by atoms with Crippen LogP contribution in [0.3, 0.4) is 0 Å². The minimum absolute atomic E-state index is 0.165. The van der Waals surface area contributed by atoms with E-state index in [-0.39, 0.29) is 13.2 Å². The number of carbonyl (C=O) groups excluding carboxylic acids is 2. The molecule has 0 fully saturated rings. The van der Waals surface area contributed by atoms with E-state index in [1.54, 1.807) is 12.3 Å². The highest BCUT2D eigenvalue weighted by Crippen LogP contribution is 2.22. The lowest BCUT2D eigenvalue weighted by atomic mass is 10.2. The number of anilines is 1. The Labute approximate surface area is 176 Å². The second-order valence-electron chi connectivity index (χ2n) is 7.84. The van der Waals surface area contributed by atoms with Crippen molar-refractivity contribution in [2.75, 3.05) is 4.90 Å². The monoisotopic (exact) mass is 406 g/mol. The first-order valence-electron chi connectivity index (χ1n) is 9.76. The minimum Gasteiger partial charge on any atom is -0.456 e. The molecule has 0 aliphatic heterocycles. The van der Waals surface area contributed by atoms with E-state index >= 15 is 0 Å². The first kappa shape index (κ1) is 21.2. The number of H-pyrrole nitrogens is 1. The molecular formula is C24H26N2O4. The van der Waals surface area contributed by atoms with E-state index in [4.69, 9.17) is 9.47 Å². The number of nitrogens with zero attached hydrogens (tertiary/aromatic N) is 1. The van der Waals surface area contributed by atoms with Gasteiger partial charge in [0.2, 0.25) is 0 Å². The molecule has 1 amide bonds. The number of aromatic nitrogens is 1. The number of aromatic amines is 1. The molecule has 0 aliphatic carbocycles. The number of rotatable bonds is 6. The molecule has 0 saturated carbocycles. The summed E-state index contributed by atoms with van der Waals surface area (Å²) in [4.78, 5) is 29.9. The van der Waals surface area contributed by atoms with Gasteiger partial charge in [-0.2, -0.15) is 0 Å². The number of benzene rings is 2. The summed E-state index contributed by atoms with van der Waals surface area (Å²) in [5, 5.41) is 0. The van der Waals surface area contributed by atoms with Gasteiger partial charge in [-0.3, -0.25) is 4.90 Å². The van der Waals surface area contributed by atoms with Crippen LogP contribution in [-0.4, -0.2) is 22.6 Å². The first-order valence-corrected chi connectivity index (χ1v) is 9.76. The van der Waals surface area contributed by atoms with E-state index in [1.807, 2.05) is 81.4 Å². The van der Waals surface area contributed by atoms with Gasteiger partial charge in [0, 0.05) is 17.4 Å². The molecular weight excluding hydrogens is 380 g/mol. The van der Waals surface area contributed by atoms with Crippen LogP contribution in [0, 0.1) is 0 Å². The molecule has 3 aromatic rings. The fourth-order valence-electron chi connectivity index (χ4n) is 2.88. The molecule has 1 heterocycles. The van der Waals surface area contributed by atoms with Crippen molar-refractivity contribution >= 4 is 17.7 Å². The zero-order chi connectivity index (χ0) is 21.6. The van der Waals surface area contributed by atoms with E-state index in [0.29, 0.717) is 16.9 Å². The van der Waals surface area contributed by atoms with Gasteiger partial charge >= 0.3 is 12.1 Å². The maximum Gasteiger partial charge on any atom is 0.415 e. The summed E-state index contributed by atoms with van der Waals surface area (Å²) < 4.78 is 11.0. The van der Waals surface area contributed by atoms with Crippen LogP contribution in [0.4, 0.5) is 10.5 Å². The topological polar surface area (TPSA) is 71.6 Å². The number of esters is 1. The molecule has 0 unspecified atom stereocenters. The number of para-hydroxylation sites is 1. The molecule has 0 spiro atoms. The fourth-order valence-corrected chi connectivity index (χ4v) is 2.88. The van der Waals surface area contributed by atoms with Crippen molar-refractivity contribution in [3.63, 3.8) is 0 Å². The standard InChI is InChI=1S/C24H26N2O4/c1-24(2,3)30-23(28)26(20-12-8-5-9-13-20)16-19-14-15-25-21(19)22(27)29-17-18-10-6-4-7-11-18/h4-15,25H,16-17H2,1-3H3. The Hall–Kier alpha value is -3.54. The van der Waals surface area contributed by atoms with Crippen molar-refractivity contribution in [2.24, 2.45) is 0 Å². The van der Waals surface area contributed by atoms with Gasteiger partial charge in [-0.25, -0.2) is 9.59 Å². The minimum atomic E-state index is -0.639. The molecule has 1 aromatic heterocycles. The van der Waals surface area contributed by atoms with E-state index < -0.39 is 17.7 Å². The third-order valence-corrected chi connectivity index (χ3v) is 4.26. The molecule has 2 aromatic carbocycles. The normalized spacial score (nSPS) is 11.0. The number of amides is 1. The Morgan fingerprint density at radius 1 is 0.933 bits per heavy atom. The Kier molecular flexibility index (Phi) is 6.57. The SMILES string of the molecule is CC(C)(C)OC(=O)N(Cc1cc[nH]c1C(=O)OCc1ccccc1)c1ccccc1. The second kappa shape index (κ2) is 9.31. The maximum atomic E-state index is 12.9. The van der Waals surface area contributed by atoms with Crippen molar-refractivity contribution in [1.29, 1.82) is 0 Å². The molecule has 6 nitrogen and oxygen atoms in total. The summed E-state index contributed by atoms with van der Waals surface area (Å²) >= 11 is 0. The molecule has 6 heteroatoms. The van der Waals surface area contributed by atoms with Crippen LogP contribution in [0.2, 0.25) is 0 Å². The average molecular weight is 406 g/mol. The van der Waals surface area contributed by atoms with Crippen molar-refractivity contribution in [3.05, 3.63) is 89.7 Å². The maximum absolute atomic E-state index is 12.9. The average Bonchev–Trinajstić information content (AvgIpc) is 3.19. The van der Waals surface area contributed by atoms with Gasteiger partial charge in [0.05, 0.1) is 6.54 Å². The predicted molar refractivity (Wildman–Crippen MR) is 115 cm³/mol.